The lowest BCUT2D eigenvalue weighted by Gasteiger charge is -2.27. The van der Waals surface area contributed by atoms with Crippen LogP contribution < -0.4 is 10.2 Å². The van der Waals surface area contributed by atoms with Gasteiger partial charge in [0, 0.05) is 16.5 Å². The molecule has 164 valence electrons. The first-order chi connectivity index (χ1) is 14.4. The summed E-state index contributed by atoms with van der Waals surface area (Å²) in [4.78, 5) is 12.5. The predicted octanol–water partition coefficient (Wildman–Crippen LogP) is 5.51. The third-order valence-corrected chi connectivity index (χ3v) is 5.08. The van der Waals surface area contributed by atoms with E-state index >= 15 is 0 Å². The van der Waals surface area contributed by atoms with Gasteiger partial charge in [-0.05, 0) is 40.7 Å². The maximum atomic E-state index is 12.5. The molecular weight excluding hydrogens is 392 g/mol. The van der Waals surface area contributed by atoms with E-state index < -0.39 is 5.91 Å². The van der Waals surface area contributed by atoms with Gasteiger partial charge in [0.25, 0.3) is 0 Å². The Balaban J connectivity index is 1.87. The average Bonchev–Trinajstić information content (AvgIpc) is 3.11. The van der Waals surface area contributed by atoms with Crippen molar-refractivity contribution in [3.8, 4) is 11.5 Å². The van der Waals surface area contributed by atoms with Crippen LogP contribution in [-0.2, 0) is 10.8 Å². The number of hydrogen-bond acceptors (Lipinski definition) is 5. The van der Waals surface area contributed by atoms with Gasteiger partial charge in [-0.1, -0.05) is 53.7 Å². The van der Waals surface area contributed by atoms with Crippen LogP contribution in [0.2, 0.25) is 0 Å². The summed E-state index contributed by atoms with van der Waals surface area (Å²) in [5.41, 5.74) is 4.99. The Bertz CT molecular complexity index is 1110. The summed E-state index contributed by atoms with van der Waals surface area (Å²) in [6.45, 7) is 12.3. The highest BCUT2D eigenvalue weighted by atomic mass is 16.5. The monoisotopic (exact) mass is 422 g/mol. The van der Waals surface area contributed by atoms with E-state index in [0.29, 0.717) is 17.1 Å². The molecule has 0 atom stereocenters. The highest BCUT2D eigenvalue weighted by Gasteiger charge is 2.26. The highest BCUT2D eigenvalue weighted by molar-refractivity contribution is 5.97. The molecule has 0 spiro atoms. The second-order valence-corrected chi connectivity index (χ2v) is 9.65. The number of amides is 1. The fourth-order valence-corrected chi connectivity index (χ4v) is 3.40. The summed E-state index contributed by atoms with van der Waals surface area (Å²) in [6, 6.07) is 10.9. The number of phenolic OH excluding ortho intramolecular Hbond substituents is 1. The van der Waals surface area contributed by atoms with Gasteiger partial charge in [0.2, 0.25) is 0 Å². The zero-order chi connectivity index (χ0) is 23.0. The Kier molecular flexibility index (Phi) is 5.85. The number of methoxy groups -OCH3 is 1. The van der Waals surface area contributed by atoms with E-state index in [4.69, 9.17) is 9.15 Å². The Labute approximate surface area is 182 Å². The van der Waals surface area contributed by atoms with Gasteiger partial charge in [-0.15, -0.1) is 0 Å². The van der Waals surface area contributed by atoms with E-state index in [1.165, 1.54) is 0 Å². The van der Waals surface area contributed by atoms with Gasteiger partial charge in [0.1, 0.15) is 5.75 Å². The maximum Gasteiger partial charge on any atom is 0.307 e. The van der Waals surface area contributed by atoms with Crippen LogP contribution >= 0.6 is 0 Å². The number of phenols is 1. The van der Waals surface area contributed by atoms with Crippen molar-refractivity contribution >= 4 is 23.1 Å². The Hall–Kier alpha value is -3.28. The van der Waals surface area contributed by atoms with Crippen LogP contribution in [0.25, 0.3) is 11.0 Å². The molecule has 31 heavy (non-hydrogen) atoms. The van der Waals surface area contributed by atoms with Gasteiger partial charge in [0.15, 0.2) is 17.1 Å². The van der Waals surface area contributed by atoms with Crippen LogP contribution in [0.4, 0.5) is 0 Å². The average molecular weight is 423 g/mol. The van der Waals surface area contributed by atoms with Crippen molar-refractivity contribution in [1.82, 2.24) is 5.43 Å². The molecule has 0 unspecified atom stereocenters. The normalized spacial score (nSPS) is 12.5. The standard InChI is InChI=1S/C25H30N2O4/c1-24(2,3)17-11-15(12-18(21(17)28)25(4,5)6)14-26-27-23(29)20-13-16-9-8-10-19(30-7)22(16)31-20/h8-14,28H,1-7H3,(H,27,29)/b26-14-. The molecule has 3 rings (SSSR count). The number of para-hydroxylation sites is 1. The van der Waals surface area contributed by atoms with Crippen LogP contribution in [0.5, 0.6) is 11.5 Å². The predicted molar refractivity (Wildman–Crippen MR) is 123 cm³/mol. The van der Waals surface area contributed by atoms with Crippen LogP contribution in [0, 0.1) is 0 Å². The number of ether oxygens (including phenoxy) is 1. The lowest BCUT2D eigenvalue weighted by atomic mass is 9.78. The molecule has 0 radical (unpaired) electrons. The fourth-order valence-electron chi connectivity index (χ4n) is 3.40. The molecule has 0 aliphatic heterocycles. The van der Waals surface area contributed by atoms with Gasteiger partial charge < -0.3 is 14.3 Å². The Morgan fingerprint density at radius 3 is 2.23 bits per heavy atom. The molecule has 0 saturated heterocycles. The van der Waals surface area contributed by atoms with Crippen molar-refractivity contribution in [3.63, 3.8) is 0 Å². The second kappa shape index (κ2) is 8.10. The molecule has 3 aromatic rings. The summed E-state index contributed by atoms with van der Waals surface area (Å²) < 4.78 is 10.9. The smallest absolute Gasteiger partial charge is 0.307 e. The van der Waals surface area contributed by atoms with E-state index in [1.54, 1.807) is 25.5 Å². The van der Waals surface area contributed by atoms with Gasteiger partial charge in [-0.2, -0.15) is 5.10 Å². The largest absolute Gasteiger partial charge is 0.507 e. The molecule has 2 N–H and O–H groups in total. The highest BCUT2D eigenvalue weighted by Crippen LogP contribution is 2.39. The molecule has 0 aliphatic carbocycles. The number of fused-ring (bicyclic) bond motifs is 1. The summed E-state index contributed by atoms with van der Waals surface area (Å²) in [5.74, 6) is 0.555. The number of carbonyl (C=O) groups is 1. The molecule has 1 amide bonds. The van der Waals surface area contributed by atoms with Gasteiger partial charge in [-0.25, -0.2) is 5.43 Å². The third kappa shape index (κ3) is 4.74. The number of hydrogen-bond donors (Lipinski definition) is 2. The fraction of sp³-hybridized carbons (Fsp3) is 0.360. The second-order valence-electron chi connectivity index (χ2n) is 9.65. The molecule has 0 fully saturated rings. The molecule has 6 heteroatoms. The molecule has 0 saturated carbocycles. The van der Waals surface area contributed by atoms with Crippen molar-refractivity contribution in [2.24, 2.45) is 5.10 Å². The first-order valence-electron chi connectivity index (χ1n) is 10.2. The van der Waals surface area contributed by atoms with E-state index in [9.17, 15) is 9.90 Å². The Morgan fingerprint density at radius 2 is 1.68 bits per heavy atom. The number of nitrogens with zero attached hydrogens (tertiary/aromatic N) is 1. The molecule has 2 aromatic carbocycles. The summed E-state index contributed by atoms with van der Waals surface area (Å²) >= 11 is 0. The first-order valence-corrected chi connectivity index (χ1v) is 10.2. The topological polar surface area (TPSA) is 84.1 Å². The number of carbonyl (C=O) groups excluding carboxylic acids is 1. The minimum Gasteiger partial charge on any atom is -0.507 e. The zero-order valence-corrected chi connectivity index (χ0v) is 19.2. The van der Waals surface area contributed by atoms with Crippen LogP contribution in [0.3, 0.4) is 0 Å². The van der Waals surface area contributed by atoms with Gasteiger partial charge >= 0.3 is 5.91 Å². The summed E-state index contributed by atoms with van der Waals surface area (Å²) in [5, 5.41) is 15.7. The lowest BCUT2D eigenvalue weighted by Crippen LogP contribution is -2.19. The Morgan fingerprint density at radius 1 is 1.06 bits per heavy atom. The maximum absolute atomic E-state index is 12.5. The molecule has 0 aliphatic rings. The van der Waals surface area contributed by atoms with Crippen LogP contribution in [-0.4, -0.2) is 24.3 Å². The summed E-state index contributed by atoms with van der Waals surface area (Å²) in [7, 11) is 1.55. The van der Waals surface area contributed by atoms with Crippen LogP contribution in [0.15, 0.2) is 45.9 Å². The van der Waals surface area contributed by atoms with Gasteiger partial charge in [0.05, 0.1) is 13.3 Å². The van der Waals surface area contributed by atoms with Crippen molar-refractivity contribution in [2.75, 3.05) is 7.11 Å². The van der Waals surface area contributed by atoms with Gasteiger partial charge in [-0.3, -0.25) is 4.79 Å². The van der Waals surface area contributed by atoms with E-state index in [2.05, 4.69) is 10.5 Å². The minimum atomic E-state index is -0.458. The van der Waals surface area contributed by atoms with Crippen molar-refractivity contribution in [2.45, 2.75) is 52.4 Å². The minimum absolute atomic E-state index is 0.146. The van der Waals surface area contributed by atoms with Crippen LogP contribution in [0.1, 0.15) is 68.8 Å². The molecule has 1 heterocycles. The zero-order valence-electron chi connectivity index (χ0n) is 19.2. The molecular formula is C25H30N2O4. The van der Waals surface area contributed by atoms with Crippen molar-refractivity contribution in [3.05, 3.63) is 58.8 Å². The quantitative estimate of drug-likeness (QED) is 0.429. The number of rotatable bonds is 4. The number of aromatic hydroxyl groups is 1. The molecule has 1 aromatic heterocycles. The lowest BCUT2D eigenvalue weighted by molar-refractivity contribution is 0.0929. The number of hydrazone groups is 1. The molecule has 0 bridgehead atoms. The first kappa shape index (κ1) is 22.4. The summed E-state index contributed by atoms with van der Waals surface area (Å²) in [6.07, 6.45) is 1.57. The number of nitrogens with one attached hydrogen (secondary N) is 1. The van der Waals surface area contributed by atoms with Crippen molar-refractivity contribution in [1.29, 1.82) is 0 Å². The number of benzene rings is 2. The number of furan rings is 1. The van der Waals surface area contributed by atoms with E-state index in [1.807, 2.05) is 65.8 Å². The van der Waals surface area contributed by atoms with Crippen molar-refractivity contribution < 1.29 is 19.1 Å². The SMILES string of the molecule is COc1cccc2cc(C(=O)N/N=C\c3cc(C(C)(C)C)c(O)c(C(C)(C)C)c3)oc12. The third-order valence-electron chi connectivity index (χ3n) is 5.08. The van der Waals surface area contributed by atoms with E-state index in [0.717, 1.165) is 22.1 Å². The van der Waals surface area contributed by atoms with E-state index in [-0.39, 0.29) is 16.6 Å². The molecule has 6 nitrogen and oxygen atoms in total.